The van der Waals surface area contributed by atoms with Gasteiger partial charge in [0, 0.05) is 30.7 Å². The van der Waals surface area contributed by atoms with Crippen molar-refractivity contribution in [1.29, 1.82) is 0 Å². The van der Waals surface area contributed by atoms with Crippen LogP contribution in [-0.2, 0) is 7.05 Å². The molecule has 1 aliphatic rings. The Bertz CT molecular complexity index is 410. The molecule has 2 rings (SSSR count). The number of nitrogens with zero attached hydrogens (tertiary/aromatic N) is 2. The van der Waals surface area contributed by atoms with Crippen LogP contribution in [-0.4, -0.2) is 39.1 Å². The van der Waals surface area contributed by atoms with Crippen LogP contribution in [0.5, 0.6) is 0 Å². The number of thioether (sulfide) groups is 1. The summed E-state index contributed by atoms with van der Waals surface area (Å²) in [6, 6.07) is 0. The summed E-state index contributed by atoms with van der Waals surface area (Å²) in [5.74, 6) is 1.66. The average Bonchev–Trinajstić information content (AvgIpc) is 3.04. The minimum absolute atomic E-state index is 0.0296. The topological polar surface area (TPSA) is 50.1 Å². The molecule has 1 aromatic rings. The Morgan fingerprint density at radius 2 is 2.45 bits per heavy atom. The number of imidazole rings is 1. The molecule has 1 aromatic heterocycles. The summed E-state index contributed by atoms with van der Waals surface area (Å²) in [6.45, 7) is 3.45. The molecule has 0 spiro atoms. The largest absolute Gasteiger partial charge is 0.394 e. The van der Waals surface area contributed by atoms with Gasteiger partial charge in [0.05, 0.1) is 6.61 Å². The van der Waals surface area contributed by atoms with Gasteiger partial charge in [0.15, 0.2) is 5.16 Å². The first-order valence-electron chi connectivity index (χ1n) is 7.68. The lowest BCUT2D eigenvalue weighted by Crippen LogP contribution is -2.51. The van der Waals surface area contributed by atoms with E-state index in [1.165, 1.54) is 12.8 Å². The zero-order chi connectivity index (χ0) is 14.4. The van der Waals surface area contributed by atoms with Crippen LogP contribution in [0.4, 0.5) is 0 Å². The zero-order valence-electron chi connectivity index (χ0n) is 12.6. The molecule has 1 saturated carbocycles. The van der Waals surface area contributed by atoms with Crippen LogP contribution in [0.15, 0.2) is 17.6 Å². The van der Waals surface area contributed by atoms with E-state index in [4.69, 9.17) is 0 Å². The molecule has 2 N–H and O–H groups in total. The summed E-state index contributed by atoms with van der Waals surface area (Å²) in [5, 5.41) is 14.6. The quantitative estimate of drug-likeness (QED) is 0.724. The van der Waals surface area contributed by atoms with Crippen molar-refractivity contribution in [1.82, 2.24) is 14.9 Å². The second kappa shape index (κ2) is 7.48. The van der Waals surface area contributed by atoms with Crippen LogP contribution in [0.2, 0.25) is 0 Å². The van der Waals surface area contributed by atoms with Gasteiger partial charge in [-0.25, -0.2) is 4.98 Å². The van der Waals surface area contributed by atoms with Crippen molar-refractivity contribution in [2.45, 2.75) is 49.7 Å². The summed E-state index contributed by atoms with van der Waals surface area (Å²) in [7, 11) is 2.03. The van der Waals surface area contributed by atoms with E-state index >= 15 is 0 Å². The van der Waals surface area contributed by atoms with Crippen LogP contribution in [0.3, 0.4) is 0 Å². The van der Waals surface area contributed by atoms with E-state index in [1.807, 2.05) is 31.2 Å². The van der Waals surface area contributed by atoms with Gasteiger partial charge in [0.25, 0.3) is 0 Å². The highest BCUT2D eigenvalue weighted by Gasteiger charge is 2.41. The molecule has 0 amide bonds. The summed E-state index contributed by atoms with van der Waals surface area (Å²) >= 11 is 1.82. The van der Waals surface area contributed by atoms with Gasteiger partial charge in [0.2, 0.25) is 0 Å². The van der Waals surface area contributed by atoms with Crippen molar-refractivity contribution in [3.8, 4) is 0 Å². The second-order valence-electron chi connectivity index (χ2n) is 5.79. The number of aliphatic hydroxyl groups excluding tert-OH is 1. The molecule has 0 aromatic carbocycles. The minimum Gasteiger partial charge on any atom is -0.394 e. The fourth-order valence-electron chi connectivity index (χ4n) is 3.22. The molecule has 4 nitrogen and oxygen atoms in total. The minimum atomic E-state index is -0.0296. The fraction of sp³-hybridized carbons (Fsp3) is 0.800. The van der Waals surface area contributed by atoms with Gasteiger partial charge < -0.3 is 15.0 Å². The Balaban J connectivity index is 1.85. The first-order chi connectivity index (χ1) is 9.72. The highest BCUT2D eigenvalue weighted by molar-refractivity contribution is 7.99. The third kappa shape index (κ3) is 3.57. The van der Waals surface area contributed by atoms with E-state index < -0.39 is 0 Å². The van der Waals surface area contributed by atoms with Crippen LogP contribution >= 0.6 is 11.8 Å². The van der Waals surface area contributed by atoms with Gasteiger partial charge in [-0.05, 0) is 38.1 Å². The van der Waals surface area contributed by atoms with E-state index in [-0.39, 0.29) is 12.1 Å². The SMILES string of the molecule is CCCNC1(CO)CCCC1CCSc1nccn1C. The molecular formula is C15H27N3OS. The molecule has 1 aliphatic carbocycles. The standard InChI is InChI=1S/C15H27N3OS/c1-3-8-17-15(12-19)7-4-5-13(15)6-11-20-14-16-9-10-18(14)2/h9-10,13,17,19H,3-8,11-12H2,1-2H3. The fourth-order valence-corrected chi connectivity index (χ4v) is 4.20. The van der Waals surface area contributed by atoms with Gasteiger partial charge in [-0.2, -0.15) is 0 Å². The smallest absolute Gasteiger partial charge is 0.167 e. The first kappa shape index (κ1) is 15.9. The molecule has 114 valence electrons. The molecule has 1 heterocycles. The van der Waals surface area contributed by atoms with Crippen LogP contribution < -0.4 is 5.32 Å². The van der Waals surface area contributed by atoms with E-state index in [0.717, 1.165) is 36.7 Å². The Morgan fingerprint density at radius 1 is 1.60 bits per heavy atom. The zero-order valence-corrected chi connectivity index (χ0v) is 13.5. The van der Waals surface area contributed by atoms with Crippen molar-refractivity contribution in [2.24, 2.45) is 13.0 Å². The van der Waals surface area contributed by atoms with Crippen LogP contribution in [0.25, 0.3) is 0 Å². The summed E-state index contributed by atoms with van der Waals surface area (Å²) in [5.41, 5.74) is -0.0296. The molecule has 0 saturated heterocycles. The highest BCUT2D eigenvalue weighted by Crippen LogP contribution is 2.38. The van der Waals surface area contributed by atoms with E-state index in [2.05, 4.69) is 21.8 Å². The molecule has 20 heavy (non-hydrogen) atoms. The van der Waals surface area contributed by atoms with Crippen molar-refractivity contribution >= 4 is 11.8 Å². The monoisotopic (exact) mass is 297 g/mol. The molecule has 0 bridgehead atoms. The number of aliphatic hydroxyl groups is 1. The first-order valence-corrected chi connectivity index (χ1v) is 8.66. The highest BCUT2D eigenvalue weighted by atomic mass is 32.2. The lowest BCUT2D eigenvalue weighted by atomic mass is 9.85. The average molecular weight is 297 g/mol. The molecule has 0 radical (unpaired) electrons. The predicted octanol–water partition coefficient (Wildman–Crippen LogP) is 2.43. The molecule has 1 fully saturated rings. The summed E-state index contributed by atoms with van der Waals surface area (Å²) in [4.78, 5) is 4.35. The second-order valence-corrected chi connectivity index (χ2v) is 6.85. The summed E-state index contributed by atoms with van der Waals surface area (Å²) in [6.07, 6.45) is 9.68. The van der Waals surface area contributed by atoms with Crippen molar-refractivity contribution in [2.75, 3.05) is 18.9 Å². The lowest BCUT2D eigenvalue weighted by Gasteiger charge is -2.35. The number of hydrogen-bond acceptors (Lipinski definition) is 4. The van der Waals surface area contributed by atoms with E-state index in [9.17, 15) is 5.11 Å². The molecule has 0 aliphatic heterocycles. The normalized spacial score (nSPS) is 26.2. The van der Waals surface area contributed by atoms with Gasteiger partial charge in [-0.3, -0.25) is 0 Å². The van der Waals surface area contributed by atoms with Gasteiger partial charge >= 0.3 is 0 Å². The maximum absolute atomic E-state index is 9.86. The Hall–Kier alpha value is -0.520. The number of hydrogen-bond donors (Lipinski definition) is 2. The third-order valence-corrected chi connectivity index (χ3v) is 5.53. The van der Waals surface area contributed by atoms with Crippen molar-refractivity contribution in [3.63, 3.8) is 0 Å². The lowest BCUT2D eigenvalue weighted by molar-refractivity contribution is 0.122. The number of rotatable bonds is 8. The molecule has 5 heteroatoms. The van der Waals surface area contributed by atoms with E-state index in [1.54, 1.807) is 0 Å². The van der Waals surface area contributed by atoms with Gasteiger partial charge in [-0.1, -0.05) is 25.1 Å². The van der Waals surface area contributed by atoms with Gasteiger partial charge in [-0.15, -0.1) is 0 Å². The van der Waals surface area contributed by atoms with Crippen LogP contribution in [0.1, 0.15) is 39.0 Å². The third-order valence-electron chi connectivity index (χ3n) is 4.44. The van der Waals surface area contributed by atoms with E-state index in [0.29, 0.717) is 5.92 Å². The maximum atomic E-state index is 9.86. The Labute approximate surface area is 126 Å². The number of nitrogens with one attached hydrogen (secondary N) is 1. The van der Waals surface area contributed by atoms with Crippen LogP contribution in [0, 0.1) is 5.92 Å². The number of aromatic nitrogens is 2. The molecule has 2 unspecified atom stereocenters. The summed E-state index contributed by atoms with van der Waals surface area (Å²) < 4.78 is 2.06. The molecule has 2 atom stereocenters. The Kier molecular flexibility index (Phi) is 5.93. The van der Waals surface area contributed by atoms with Gasteiger partial charge in [0.1, 0.15) is 0 Å². The Morgan fingerprint density at radius 3 is 3.10 bits per heavy atom. The number of aryl methyl sites for hydroxylation is 1. The van der Waals surface area contributed by atoms with Crippen molar-refractivity contribution in [3.05, 3.63) is 12.4 Å². The van der Waals surface area contributed by atoms with Crippen molar-refractivity contribution < 1.29 is 5.11 Å². The molecular weight excluding hydrogens is 270 g/mol. The predicted molar refractivity (Wildman–Crippen MR) is 84.0 cm³/mol. The maximum Gasteiger partial charge on any atom is 0.167 e.